The van der Waals surface area contributed by atoms with Crippen molar-refractivity contribution >= 4 is 34.0 Å². The van der Waals surface area contributed by atoms with Gasteiger partial charge in [-0.1, -0.05) is 36.5 Å². The van der Waals surface area contributed by atoms with Gasteiger partial charge in [-0.3, -0.25) is 4.79 Å². The molecule has 0 fully saturated rings. The molecule has 98 valence electrons. The molecule has 0 bridgehead atoms. The molecule has 5 heteroatoms. The van der Waals surface area contributed by atoms with Crippen molar-refractivity contribution in [3.8, 4) is 0 Å². The largest absolute Gasteiger partial charge is 0.393 e. The molecule has 0 spiro atoms. The summed E-state index contributed by atoms with van der Waals surface area (Å²) in [7, 11) is 0. The highest BCUT2D eigenvalue weighted by Crippen LogP contribution is 2.11. The van der Waals surface area contributed by atoms with E-state index in [1.165, 1.54) is 0 Å². The van der Waals surface area contributed by atoms with E-state index in [9.17, 15) is 4.79 Å². The van der Waals surface area contributed by atoms with Crippen molar-refractivity contribution in [2.45, 2.75) is 12.8 Å². The Bertz CT molecular complexity index is 612. The Morgan fingerprint density at radius 1 is 1.26 bits per heavy atom. The van der Waals surface area contributed by atoms with Gasteiger partial charge in [0.05, 0.1) is 10.5 Å². The van der Waals surface area contributed by atoms with Crippen molar-refractivity contribution in [3.05, 3.63) is 42.1 Å². The average molecular weight is 273 g/mol. The predicted molar refractivity (Wildman–Crippen MR) is 80.1 cm³/mol. The third-order valence-corrected chi connectivity index (χ3v) is 2.92. The Labute approximate surface area is 117 Å². The maximum Gasteiger partial charge on any atom is 0.269 e. The van der Waals surface area contributed by atoms with E-state index in [-0.39, 0.29) is 5.91 Å². The smallest absolute Gasteiger partial charge is 0.269 e. The van der Waals surface area contributed by atoms with Crippen LogP contribution in [-0.2, 0) is 0 Å². The summed E-state index contributed by atoms with van der Waals surface area (Å²) >= 11 is 4.77. The van der Waals surface area contributed by atoms with Crippen molar-refractivity contribution in [2.75, 3.05) is 6.54 Å². The molecule has 0 aliphatic heterocycles. The highest BCUT2D eigenvalue weighted by Gasteiger charge is 2.07. The van der Waals surface area contributed by atoms with Crippen LogP contribution in [0, 0.1) is 0 Å². The molecule has 19 heavy (non-hydrogen) atoms. The average Bonchev–Trinajstić information content (AvgIpc) is 2.42. The van der Waals surface area contributed by atoms with E-state index in [2.05, 4.69) is 10.3 Å². The zero-order chi connectivity index (χ0) is 13.7. The Morgan fingerprint density at radius 3 is 2.84 bits per heavy atom. The third kappa shape index (κ3) is 3.72. The lowest BCUT2D eigenvalue weighted by atomic mass is 10.2. The standard InChI is InChI=1S/C14H15N3OS/c15-13(19)6-3-9-16-14(18)12-8-7-10-4-1-2-5-11(10)17-12/h1-2,4-5,7-8H,3,6,9H2,(H2,15,19)(H,16,18). The summed E-state index contributed by atoms with van der Waals surface area (Å²) in [6.07, 6.45) is 1.38. The van der Waals surface area contributed by atoms with Crippen LogP contribution < -0.4 is 11.1 Å². The summed E-state index contributed by atoms with van der Waals surface area (Å²) in [4.78, 5) is 16.7. The maximum absolute atomic E-state index is 11.9. The summed E-state index contributed by atoms with van der Waals surface area (Å²) in [5.41, 5.74) is 6.63. The molecule has 3 N–H and O–H groups in total. The first kappa shape index (κ1) is 13.4. The number of hydrogen-bond acceptors (Lipinski definition) is 3. The number of benzene rings is 1. The molecule has 4 nitrogen and oxygen atoms in total. The van der Waals surface area contributed by atoms with Gasteiger partial charge in [0.25, 0.3) is 5.91 Å². The lowest BCUT2D eigenvalue weighted by molar-refractivity contribution is 0.0949. The molecular weight excluding hydrogens is 258 g/mol. The summed E-state index contributed by atoms with van der Waals surface area (Å²) in [6, 6.07) is 11.3. The number of amides is 1. The Morgan fingerprint density at radius 2 is 2.05 bits per heavy atom. The van der Waals surface area contributed by atoms with Crippen LogP contribution in [0.3, 0.4) is 0 Å². The normalized spacial score (nSPS) is 10.3. The molecule has 0 aliphatic rings. The van der Waals surface area contributed by atoms with Crippen molar-refractivity contribution < 1.29 is 4.79 Å². The van der Waals surface area contributed by atoms with Crippen LogP contribution in [0.1, 0.15) is 23.3 Å². The molecule has 0 radical (unpaired) electrons. The number of thiocarbonyl (C=S) groups is 1. The lowest BCUT2D eigenvalue weighted by Crippen LogP contribution is -2.26. The summed E-state index contributed by atoms with van der Waals surface area (Å²) in [6.45, 7) is 0.546. The second-order valence-corrected chi connectivity index (χ2v) is 4.74. The quantitative estimate of drug-likeness (QED) is 0.646. The van der Waals surface area contributed by atoms with Crippen molar-refractivity contribution in [1.29, 1.82) is 0 Å². The van der Waals surface area contributed by atoms with Crippen LogP contribution in [-0.4, -0.2) is 22.4 Å². The van der Waals surface area contributed by atoms with Gasteiger partial charge in [0.1, 0.15) is 5.69 Å². The Balaban J connectivity index is 1.99. The predicted octanol–water partition coefficient (Wildman–Crippen LogP) is 2.03. The molecule has 2 aromatic rings. The van der Waals surface area contributed by atoms with Gasteiger partial charge >= 0.3 is 0 Å². The monoisotopic (exact) mass is 273 g/mol. The number of carbonyl (C=O) groups is 1. The van der Waals surface area contributed by atoms with E-state index in [0.717, 1.165) is 17.3 Å². The highest BCUT2D eigenvalue weighted by molar-refractivity contribution is 7.80. The van der Waals surface area contributed by atoms with Crippen LogP contribution in [0.15, 0.2) is 36.4 Å². The number of nitrogens with one attached hydrogen (secondary N) is 1. The molecule has 1 aromatic carbocycles. The van der Waals surface area contributed by atoms with E-state index in [1.54, 1.807) is 6.07 Å². The molecule has 1 aromatic heterocycles. The SMILES string of the molecule is NC(=S)CCCNC(=O)c1ccc2ccccc2n1. The van der Waals surface area contributed by atoms with Crippen LogP contribution in [0.25, 0.3) is 10.9 Å². The first-order valence-electron chi connectivity index (χ1n) is 6.09. The van der Waals surface area contributed by atoms with Gasteiger partial charge in [-0.25, -0.2) is 4.98 Å². The summed E-state index contributed by atoms with van der Waals surface area (Å²) < 4.78 is 0. The number of rotatable bonds is 5. The van der Waals surface area contributed by atoms with Gasteiger partial charge in [0.15, 0.2) is 0 Å². The minimum absolute atomic E-state index is 0.173. The molecule has 0 unspecified atom stereocenters. The van der Waals surface area contributed by atoms with Crippen LogP contribution >= 0.6 is 12.2 Å². The number of aromatic nitrogens is 1. The van der Waals surface area contributed by atoms with Gasteiger partial charge in [0.2, 0.25) is 0 Å². The fourth-order valence-corrected chi connectivity index (χ4v) is 1.89. The Hall–Kier alpha value is -2.01. The summed E-state index contributed by atoms with van der Waals surface area (Å²) in [5.74, 6) is -0.173. The number of hydrogen-bond donors (Lipinski definition) is 2. The molecule has 1 heterocycles. The molecule has 0 saturated carbocycles. The zero-order valence-corrected chi connectivity index (χ0v) is 11.2. The van der Waals surface area contributed by atoms with E-state index < -0.39 is 0 Å². The number of fused-ring (bicyclic) bond motifs is 1. The first-order valence-corrected chi connectivity index (χ1v) is 6.50. The van der Waals surface area contributed by atoms with Gasteiger partial charge in [0, 0.05) is 11.9 Å². The van der Waals surface area contributed by atoms with Crippen molar-refractivity contribution in [3.63, 3.8) is 0 Å². The summed E-state index contributed by atoms with van der Waals surface area (Å²) in [5, 5.41) is 3.82. The molecule has 0 atom stereocenters. The lowest BCUT2D eigenvalue weighted by Gasteiger charge is -2.05. The van der Waals surface area contributed by atoms with Gasteiger partial charge < -0.3 is 11.1 Å². The molecule has 0 aliphatic carbocycles. The van der Waals surface area contributed by atoms with Crippen LogP contribution in [0.5, 0.6) is 0 Å². The molecule has 0 saturated heterocycles. The topological polar surface area (TPSA) is 68.0 Å². The number of pyridine rings is 1. The highest BCUT2D eigenvalue weighted by atomic mass is 32.1. The minimum Gasteiger partial charge on any atom is -0.393 e. The fourth-order valence-electron chi connectivity index (χ4n) is 1.75. The number of carbonyl (C=O) groups excluding carboxylic acids is 1. The maximum atomic E-state index is 11.9. The number of nitrogens with zero attached hydrogens (tertiary/aromatic N) is 1. The van der Waals surface area contributed by atoms with Crippen molar-refractivity contribution in [2.24, 2.45) is 5.73 Å². The molecule has 1 amide bonds. The second-order valence-electron chi connectivity index (χ2n) is 4.21. The van der Waals surface area contributed by atoms with Gasteiger partial charge in [-0.2, -0.15) is 0 Å². The number of nitrogens with two attached hydrogens (primary N) is 1. The minimum atomic E-state index is -0.173. The third-order valence-electron chi connectivity index (χ3n) is 2.72. The molecular formula is C14H15N3OS. The fraction of sp³-hybridized carbons (Fsp3) is 0.214. The van der Waals surface area contributed by atoms with E-state index >= 15 is 0 Å². The van der Waals surface area contributed by atoms with Crippen LogP contribution in [0.2, 0.25) is 0 Å². The van der Waals surface area contributed by atoms with Gasteiger partial charge in [-0.05, 0) is 25.0 Å². The van der Waals surface area contributed by atoms with E-state index in [0.29, 0.717) is 23.6 Å². The zero-order valence-electron chi connectivity index (χ0n) is 10.4. The van der Waals surface area contributed by atoms with Gasteiger partial charge in [-0.15, -0.1) is 0 Å². The Kier molecular flexibility index (Phi) is 4.41. The van der Waals surface area contributed by atoms with Crippen molar-refractivity contribution in [1.82, 2.24) is 10.3 Å². The van der Waals surface area contributed by atoms with Crippen LogP contribution in [0.4, 0.5) is 0 Å². The van der Waals surface area contributed by atoms with E-state index in [1.807, 2.05) is 30.3 Å². The van der Waals surface area contributed by atoms with E-state index in [4.69, 9.17) is 18.0 Å². The first-order chi connectivity index (χ1) is 9.16. The number of para-hydroxylation sites is 1. The second kappa shape index (κ2) is 6.24. The molecule has 2 rings (SSSR count).